The molecule has 13 rings (SSSR count). The van der Waals surface area contributed by atoms with Gasteiger partial charge in [-0.3, -0.25) is 0 Å². The molecule has 0 aliphatic carbocycles. The molecule has 0 bridgehead atoms. The summed E-state index contributed by atoms with van der Waals surface area (Å²) in [5.74, 6) is 1.81. The van der Waals surface area contributed by atoms with Crippen LogP contribution in [0.3, 0.4) is 0 Å². The smallest absolute Gasteiger partial charge is 0.164 e. The van der Waals surface area contributed by atoms with Gasteiger partial charge in [0.25, 0.3) is 0 Å². The first-order valence-corrected chi connectivity index (χ1v) is 22.9. The van der Waals surface area contributed by atoms with Gasteiger partial charge in [0.2, 0.25) is 0 Å². The van der Waals surface area contributed by atoms with Crippen molar-refractivity contribution < 1.29 is 4.42 Å². The zero-order valence-corrected chi connectivity index (χ0v) is 36.8. The maximum atomic E-state index is 6.60. The molecule has 0 amide bonds. The van der Waals surface area contributed by atoms with E-state index in [9.17, 15) is 0 Å². The number of benzene rings is 10. The van der Waals surface area contributed by atoms with Gasteiger partial charge in [0.15, 0.2) is 17.5 Å². The van der Waals surface area contributed by atoms with Crippen molar-refractivity contribution in [1.82, 2.24) is 19.5 Å². The molecule has 0 aliphatic rings. The van der Waals surface area contributed by atoms with Gasteiger partial charge in [-0.15, -0.1) is 0 Å². The summed E-state index contributed by atoms with van der Waals surface area (Å²) < 4.78 is 9.01. The minimum Gasteiger partial charge on any atom is -0.456 e. The molecule has 68 heavy (non-hydrogen) atoms. The minimum absolute atomic E-state index is 0.594. The molecular formula is C63H40N4O. The minimum atomic E-state index is 0.594. The van der Waals surface area contributed by atoms with Gasteiger partial charge >= 0.3 is 0 Å². The van der Waals surface area contributed by atoms with Crippen LogP contribution in [0.25, 0.3) is 128 Å². The Morgan fingerprint density at radius 2 is 0.721 bits per heavy atom. The number of rotatable bonds is 8. The van der Waals surface area contributed by atoms with Crippen LogP contribution >= 0.6 is 0 Å². The highest BCUT2D eigenvalue weighted by atomic mass is 16.3. The van der Waals surface area contributed by atoms with Crippen LogP contribution in [0.15, 0.2) is 247 Å². The summed E-state index contributed by atoms with van der Waals surface area (Å²) in [4.78, 5) is 15.3. The highest BCUT2D eigenvalue weighted by Crippen LogP contribution is 2.40. The van der Waals surface area contributed by atoms with Gasteiger partial charge in [0, 0.05) is 43.8 Å². The van der Waals surface area contributed by atoms with Gasteiger partial charge in [0.1, 0.15) is 11.2 Å². The van der Waals surface area contributed by atoms with Gasteiger partial charge in [-0.05, 0) is 93.5 Å². The molecule has 5 nitrogen and oxygen atoms in total. The average molecular weight is 869 g/mol. The Bertz CT molecular complexity index is 3890. The normalized spacial score (nSPS) is 11.5. The van der Waals surface area contributed by atoms with Gasteiger partial charge in [-0.25, -0.2) is 15.0 Å². The van der Waals surface area contributed by atoms with Crippen molar-refractivity contribution in [3.8, 4) is 84.4 Å². The van der Waals surface area contributed by atoms with Crippen LogP contribution in [-0.4, -0.2) is 19.5 Å². The fraction of sp³-hybridized carbons (Fsp3) is 0. The van der Waals surface area contributed by atoms with Crippen LogP contribution < -0.4 is 0 Å². The predicted molar refractivity (Wildman–Crippen MR) is 279 cm³/mol. The van der Waals surface area contributed by atoms with Crippen LogP contribution in [0, 0.1) is 0 Å². The summed E-state index contributed by atoms with van der Waals surface area (Å²) >= 11 is 0. The Morgan fingerprint density at radius 1 is 0.265 bits per heavy atom. The maximum absolute atomic E-state index is 6.60. The summed E-state index contributed by atoms with van der Waals surface area (Å²) in [6.45, 7) is 0. The van der Waals surface area contributed by atoms with E-state index in [2.05, 4.69) is 223 Å². The molecule has 0 aliphatic heterocycles. The van der Waals surface area contributed by atoms with E-state index in [4.69, 9.17) is 19.4 Å². The van der Waals surface area contributed by atoms with Gasteiger partial charge in [-0.1, -0.05) is 188 Å². The molecular weight excluding hydrogens is 829 g/mol. The lowest BCUT2D eigenvalue weighted by atomic mass is 10.0. The van der Waals surface area contributed by atoms with E-state index in [1.54, 1.807) is 0 Å². The second-order valence-electron chi connectivity index (χ2n) is 17.2. The predicted octanol–water partition coefficient (Wildman–Crippen LogP) is 16.5. The number of fused-ring (bicyclic) bond motifs is 6. The van der Waals surface area contributed by atoms with Crippen molar-refractivity contribution in [2.45, 2.75) is 0 Å². The monoisotopic (exact) mass is 868 g/mol. The fourth-order valence-electron chi connectivity index (χ4n) is 9.69. The summed E-state index contributed by atoms with van der Waals surface area (Å²) in [6, 6.07) is 85.2. The molecule has 3 aromatic heterocycles. The number of nitrogens with zero attached hydrogens (tertiary/aromatic N) is 4. The molecule has 0 spiro atoms. The number of furan rings is 1. The molecule has 0 fully saturated rings. The Labute approximate surface area is 392 Å². The van der Waals surface area contributed by atoms with E-state index in [-0.39, 0.29) is 0 Å². The van der Waals surface area contributed by atoms with Crippen LogP contribution in [0.5, 0.6) is 0 Å². The van der Waals surface area contributed by atoms with Crippen LogP contribution in [0.1, 0.15) is 0 Å². The highest BCUT2D eigenvalue weighted by Gasteiger charge is 2.19. The third-order valence-corrected chi connectivity index (χ3v) is 13.1. The summed E-state index contributed by atoms with van der Waals surface area (Å²) in [7, 11) is 0. The summed E-state index contributed by atoms with van der Waals surface area (Å²) in [5, 5.41) is 4.44. The van der Waals surface area contributed by atoms with Crippen LogP contribution in [0.2, 0.25) is 0 Å². The lowest BCUT2D eigenvalue weighted by Crippen LogP contribution is -2.00. The number of aromatic nitrogens is 4. The molecule has 0 N–H and O–H groups in total. The fourth-order valence-corrected chi connectivity index (χ4v) is 9.69. The number of para-hydroxylation sites is 2. The zero-order chi connectivity index (χ0) is 45.0. The molecule has 3 heterocycles. The summed E-state index contributed by atoms with van der Waals surface area (Å²) in [6.07, 6.45) is 0. The zero-order valence-electron chi connectivity index (χ0n) is 36.8. The van der Waals surface area contributed by atoms with Crippen LogP contribution in [-0.2, 0) is 0 Å². The van der Waals surface area contributed by atoms with E-state index >= 15 is 0 Å². The lowest BCUT2D eigenvalue weighted by molar-refractivity contribution is 0.669. The van der Waals surface area contributed by atoms with Gasteiger partial charge < -0.3 is 8.98 Å². The van der Waals surface area contributed by atoms with Gasteiger partial charge in [-0.2, -0.15) is 0 Å². The van der Waals surface area contributed by atoms with E-state index in [1.165, 1.54) is 27.4 Å². The molecule has 318 valence electrons. The van der Waals surface area contributed by atoms with Crippen molar-refractivity contribution in [1.29, 1.82) is 0 Å². The average Bonchev–Trinajstić information content (AvgIpc) is 3.96. The summed E-state index contributed by atoms with van der Waals surface area (Å²) in [5.41, 5.74) is 17.0. The molecule has 13 aromatic rings. The quantitative estimate of drug-likeness (QED) is 0.153. The molecule has 0 radical (unpaired) electrons. The number of hydrogen-bond acceptors (Lipinski definition) is 4. The molecule has 0 atom stereocenters. The topological polar surface area (TPSA) is 56.7 Å². The van der Waals surface area contributed by atoms with Crippen molar-refractivity contribution in [3.63, 3.8) is 0 Å². The van der Waals surface area contributed by atoms with E-state index in [0.29, 0.717) is 17.5 Å². The number of hydrogen-bond donors (Lipinski definition) is 0. The van der Waals surface area contributed by atoms with Crippen LogP contribution in [0.4, 0.5) is 0 Å². The Balaban J connectivity index is 0.884. The van der Waals surface area contributed by atoms with Crippen molar-refractivity contribution in [2.75, 3.05) is 0 Å². The van der Waals surface area contributed by atoms with Crippen molar-refractivity contribution in [2.24, 2.45) is 0 Å². The third kappa shape index (κ3) is 6.93. The largest absolute Gasteiger partial charge is 0.456 e. The Morgan fingerprint density at radius 3 is 1.38 bits per heavy atom. The first-order chi connectivity index (χ1) is 33.7. The highest BCUT2D eigenvalue weighted by molar-refractivity contribution is 6.12. The molecule has 0 saturated heterocycles. The van der Waals surface area contributed by atoms with E-state index in [1.807, 2.05) is 24.3 Å². The SMILES string of the molecule is c1ccc(-c2ccc(-c3nc(-c4ccc(-c5ccccc5)cc4)nc(-c4ccc5oc6cc(-c7ccc8c(c7)c7ccccc7n8-c7ccccc7-c7ccccc7)ccc6c5c4)n3)cc2)cc1. The van der Waals surface area contributed by atoms with Gasteiger partial charge in [0.05, 0.1) is 16.7 Å². The molecule has 5 heteroatoms. The first kappa shape index (κ1) is 39.2. The van der Waals surface area contributed by atoms with E-state index in [0.717, 1.165) is 83.2 Å². The molecule has 0 saturated carbocycles. The Kier molecular flexibility index (Phi) is 9.43. The van der Waals surface area contributed by atoms with Crippen molar-refractivity contribution >= 4 is 43.7 Å². The standard InChI is InChI=1S/C63H40N4O/c1-4-14-41(15-5-1)43-24-28-46(29-25-43)61-64-62(47-30-26-44(27-31-47)42-16-6-2-7-17-42)66-63(65-61)50-34-37-59-55(39-50)53-35-32-49(40-60(53)68-59)48-33-36-58-54(38-48)52-21-11-13-23-57(52)67(58)56-22-12-10-20-51(56)45-18-8-3-9-19-45/h1-40H. The molecule has 10 aromatic carbocycles. The maximum Gasteiger partial charge on any atom is 0.164 e. The Hall–Kier alpha value is -9.19. The molecule has 0 unspecified atom stereocenters. The third-order valence-electron chi connectivity index (χ3n) is 13.1. The lowest BCUT2D eigenvalue weighted by Gasteiger charge is -2.14. The second-order valence-corrected chi connectivity index (χ2v) is 17.2. The van der Waals surface area contributed by atoms with Crippen molar-refractivity contribution in [3.05, 3.63) is 243 Å². The second kappa shape index (κ2) is 16.4. The van der Waals surface area contributed by atoms with E-state index < -0.39 is 0 Å². The first-order valence-electron chi connectivity index (χ1n) is 22.9.